The molecular weight excluding hydrogens is 283 g/mol. The number of phenols is 1. The van der Waals surface area contributed by atoms with Gasteiger partial charge in [-0.25, -0.2) is 0 Å². The van der Waals surface area contributed by atoms with E-state index in [4.69, 9.17) is 16.3 Å². The summed E-state index contributed by atoms with van der Waals surface area (Å²) in [5, 5.41) is 13.3. The van der Waals surface area contributed by atoms with Gasteiger partial charge < -0.3 is 15.2 Å². The third kappa shape index (κ3) is 3.34. The minimum absolute atomic E-state index is 0.0471. The Hall–Kier alpha value is -1.04. The summed E-state index contributed by atoms with van der Waals surface area (Å²) in [5.41, 5.74) is 0.879. The van der Waals surface area contributed by atoms with Crippen LogP contribution in [0.15, 0.2) is 12.1 Å². The van der Waals surface area contributed by atoms with Crippen LogP contribution in [0.1, 0.15) is 18.0 Å². The monoisotopic (exact) mass is 302 g/mol. The van der Waals surface area contributed by atoms with E-state index >= 15 is 0 Å². The predicted molar refractivity (Wildman–Crippen MR) is 77.4 cm³/mol. The van der Waals surface area contributed by atoms with Gasteiger partial charge in [0.05, 0.1) is 18.8 Å². The van der Waals surface area contributed by atoms with Crippen LogP contribution in [-0.2, 0) is 0 Å². The number of alkyl halides is 1. The summed E-state index contributed by atoms with van der Waals surface area (Å²) in [6.45, 7) is 3.13. The standard InChI is InChI=1S/C14H20ClFN2O2/c1-20-13-9-10(8-11(15)14(13)19)12(2-3-16)18-6-4-17-5-7-18/h8-9,12,17,19H,2-7H2,1H3/t12-/m0/s1. The molecule has 6 heteroatoms. The molecule has 0 aliphatic carbocycles. The van der Waals surface area contributed by atoms with Crippen LogP contribution in [0.3, 0.4) is 0 Å². The number of aromatic hydroxyl groups is 1. The quantitative estimate of drug-likeness (QED) is 0.876. The van der Waals surface area contributed by atoms with E-state index in [1.54, 1.807) is 12.1 Å². The maximum absolute atomic E-state index is 12.9. The van der Waals surface area contributed by atoms with Gasteiger partial charge in [0.1, 0.15) is 0 Å². The minimum Gasteiger partial charge on any atom is -0.503 e. The van der Waals surface area contributed by atoms with Gasteiger partial charge in [0, 0.05) is 32.2 Å². The molecule has 1 aromatic rings. The lowest BCUT2D eigenvalue weighted by Gasteiger charge is -2.35. The fourth-order valence-electron chi connectivity index (χ4n) is 2.60. The van der Waals surface area contributed by atoms with E-state index in [0.717, 1.165) is 31.7 Å². The van der Waals surface area contributed by atoms with Crippen molar-refractivity contribution >= 4 is 11.6 Å². The van der Waals surface area contributed by atoms with E-state index in [9.17, 15) is 9.50 Å². The van der Waals surface area contributed by atoms with E-state index in [0.29, 0.717) is 12.2 Å². The van der Waals surface area contributed by atoms with Crippen LogP contribution < -0.4 is 10.1 Å². The second kappa shape index (κ2) is 7.11. The highest BCUT2D eigenvalue weighted by Gasteiger charge is 2.24. The molecule has 0 spiro atoms. The molecule has 1 aromatic carbocycles. The number of hydrogen-bond donors (Lipinski definition) is 2. The van der Waals surface area contributed by atoms with Crippen molar-refractivity contribution in [3.63, 3.8) is 0 Å². The summed E-state index contributed by atoms with van der Waals surface area (Å²) in [7, 11) is 1.48. The number of ether oxygens (including phenoxy) is 1. The van der Waals surface area contributed by atoms with Crippen molar-refractivity contribution in [3.8, 4) is 11.5 Å². The van der Waals surface area contributed by atoms with Crippen LogP contribution in [0.25, 0.3) is 0 Å². The first-order valence-electron chi connectivity index (χ1n) is 6.74. The number of benzene rings is 1. The molecule has 1 aliphatic rings. The molecule has 20 heavy (non-hydrogen) atoms. The Morgan fingerprint density at radius 3 is 2.75 bits per heavy atom. The van der Waals surface area contributed by atoms with Gasteiger partial charge in [-0.05, 0) is 24.1 Å². The van der Waals surface area contributed by atoms with Crippen molar-refractivity contribution in [1.29, 1.82) is 0 Å². The Morgan fingerprint density at radius 2 is 2.15 bits per heavy atom. The highest BCUT2D eigenvalue weighted by Crippen LogP contribution is 2.38. The number of nitrogens with one attached hydrogen (secondary N) is 1. The minimum atomic E-state index is -0.393. The van der Waals surface area contributed by atoms with E-state index in [2.05, 4.69) is 10.2 Å². The van der Waals surface area contributed by atoms with Gasteiger partial charge in [-0.15, -0.1) is 0 Å². The Balaban J connectivity index is 2.30. The number of nitrogens with zero attached hydrogens (tertiary/aromatic N) is 1. The van der Waals surface area contributed by atoms with Crippen molar-refractivity contribution < 1.29 is 14.2 Å². The summed E-state index contributed by atoms with van der Waals surface area (Å²) in [5.74, 6) is 0.253. The van der Waals surface area contributed by atoms with Crippen LogP contribution in [0, 0.1) is 0 Å². The van der Waals surface area contributed by atoms with Crippen LogP contribution in [0.5, 0.6) is 11.5 Å². The lowest BCUT2D eigenvalue weighted by molar-refractivity contribution is 0.157. The topological polar surface area (TPSA) is 44.7 Å². The SMILES string of the molecule is COc1cc([C@H](CCF)N2CCNCC2)cc(Cl)c1O. The highest BCUT2D eigenvalue weighted by atomic mass is 35.5. The van der Waals surface area contributed by atoms with Gasteiger partial charge in [0.2, 0.25) is 0 Å². The predicted octanol–water partition coefficient (Wildman–Crippen LogP) is 2.36. The molecular formula is C14H20ClFN2O2. The average Bonchev–Trinajstić information content (AvgIpc) is 2.48. The molecule has 0 saturated carbocycles. The van der Waals surface area contributed by atoms with Crippen LogP contribution in [-0.4, -0.2) is 50.0 Å². The summed E-state index contributed by atoms with van der Waals surface area (Å²) < 4.78 is 18.0. The molecule has 0 radical (unpaired) electrons. The average molecular weight is 303 g/mol. The number of hydrogen-bond acceptors (Lipinski definition) is 4. The lowest BCUT2D eigenvalue weighted by atomic mass is 10.0. The fourth-order valence-corrected chi connectivity index (χ4v) is 2.82. The number of methoxy groups -OCH3 is 1. The van der Waals surface area contributed by atoms with Gasteiger partial charge in [-0.3, -0.25) is 9.29 Å². The molecule has 2 rings (SSSR count). The smallest absolute Gasteiger partial charge is 0.176 e. The van der Waals surface area contributed by atoms with Gasteiger partial charge in [0.15, 0.2) is 11.5 Å². The molecule has 112 valence electrons. The first kappa shape index (κ1) is 15.4. The Labute approximate surface area is 123 Å². The third-order valence-electron chi connectivity index (χ3n) is 3.63. The highest BCUT2D eigenvalue weighted by molar-refractivity contribution is 6.32. The molecule has 1 heterocycles. The molecule has 1 aliphatic heterocycles. The number of halogens is 2. The van der Waals surface area contributed by atoms with Crippen molar-refractivity contribution in [3.05, 3.63) is 22.7 Å². The number of rotatable bonds is 5. The zero-order valence-corrected chi connectivity index (χ0v) is 12.3. The zero-order chi connectivity index (χ0) is 14.5. The van der Waals surface area contributed by atoms with Crippen molar-refractivity contribution in [2.45, 2.75) is 12.5 Å². The second-order valence-electron chi connectivity index (χ2n) is 4.83. The lowest BCUT2D eigenvalue weighted by Crippen LogP contribution is -2.45. The molecule has 1 fully saturated rings. The molecule has 4 nitrogen and oxygen atoms in total. The van der Waals surface area contributed by atoms with E-state index < -0.39 is 6.67 Å². The number of piperazine rings is 1. The van der Waals surface area contributed by atoms with E-state index in [1.807, 2.05) is 0 Å². The first-order valence-corrected chi connectivity index (χ1v) is 7.12. The molecule has 1 atom stereocenters. The molecule has 1 saturated heterocycles. The van der Waals surface area contributed by atoms with Gasteiger partial charge in [-0.2, -0.15) is 0 Å². The van der Waals surface area contributed by atoms with E-state index in [-0.39, 0.29) is 16.8 Å². The largest absolute Gasteiger partial charge is 0.503 e. The molecule has 0 bridgehead atoms. The Bertz CT molecular complexity index is 453. The molecule has 0 unspecified atom stereocenters. The van der Waals surface area contributed by atoms with Gasteiger partial charge in [0.25, 0.3) is 0 Å². The maximum atomic E-state index is 12.9. The summed E-state index contributed by atoms with van der Waals surface area (Å²) in [6, 6.07) is 3.39. The van der Waals surface area contributed by atoms with E-state index in [1.165, 1.54) is 7.11 Å². The van der Waals surface area contributed by atoms with Crippen LogP contribution in [0.2, 0.25) is 5.02 Å². The molecule has 2 N–H and O–H groups in total. The molecule has 0 amide bonds. The van der Waals surface area contributed by atoms with Crippen molar-refractivity contribution in [2.24, 2.45) is 0 Å². The fraction of sp³-hybridized carbons (Fsp3) is 0.571. The summed E-state index contributed by atoms with van der Waals surface area (Å²) in [6.07, 6.45) is 0.407. The third-order valence-corrected chi connectivity index (χ3v) is 3.92. The van der Waals surface area contributed by atoms with Gasteiger partial charge in [-0.1, -0.05) is 11.6 Å². The van der Waals surface area contributed by atoms with Crippen molar-refractivity contribution in [1.82, 2.24) is 10.2 Å². The maximum Gasteiger partial charge on any atom is 0.176 e. The number of phenolic OH excluding ortho intramolecular Hbond substituents is 1. The molecule has 0 aromatic heterocycles. The van der Waals surface area contributed by atoms with Crippen LogP contribution in [0.4, 0.5) is 4.39 Å². The summed E-state index contributed by atoms with van der Waals surface area (Å²) in [4.78, 5) is 2.23. The summed E-state index contributed by atoms with van der Waals surface area (Å²) >= 11 is 6.03. The zero-order valence-electron chi connectivity index (χ0n) is 11.5. The Morgan fingerprint density at radius 1 is 1.45 bits per heavy atom. The normalized spacial score (nSPS) is 17.9. The second-order valence-corrected chi connectivity index (χ2v) is 5.24. The Kier molecular flexibility index (Phi) is 5.46. The van der Waals surface area contributed by atoms with Gasteiger partial charge >= 0.3 is 0 Å². The van der Waals surface area contributed by atoms with Crippen LogP contribution >= 0.6 is 11.6 Å². The van der Waals surface area contributed by atoms with Crippen molar-refractivity contribution in [2.75, 3.05) is 40.0 Å². The first-order chi connectivity index (χ1) is 9.67.